The van der Waals surface area contributed by atoms with E-state index in [1.165, 1.54) is 12.8 Å². The molecule has 0 aromatic heterocycles. The summed E-state index contributed by atoms with van der Waals surface area (Å²) in [5.74, 6) is 0.175. The fraction of sp³-hybridized carbons (Fsp3) is 0.846. The zero-order valence-corrected chi connectivity index (χ0v) is 11.4. The molecule has 17 heavy (non-hydrogen) atoms. The molecule has 0 spiro atoms. The topological polar surface area (TPSA) is 46.3 Å². The van der Waals surface area contributed by atoms with Gasteiger partial charge in [0.05, 0.1) is 10.4 Å². The van der Waals surface area contributed by atoms with Crippen molar-refractivity contribution in [1.29, 1.82) is 0 Å². The van der Waals surface area contributed by atoms with E-state index in [1.54, 1.807) is 0 Å². The van der Waals surface area contributed by atoms with Crippen molar-refractivity contribution in [3.63, 3.8) is 0 Å². The van der Waals surface area contributed by atoms with Gasteiger partial charge in [0, 0.05) is 13.1 Å². The molecule has 2 saturated carbocycles. The predicted octanol–water partition coefficient (Wildman–Crippen LogP) is 2.23. The summed E-state index contributed by atoms with van der Waals surface area (Å²) in [7, 11) is 1.91. The molecule has 0 unspecified atom stereocenters. The second-order valence-corrected chi connectivity index (χ2v) is 5.95. The smallest absolute Gasteiger partial charge is 0.235 e. The maximum absolute atomic E-state index is 12.7. The first-order valence-electron chi connectivity index (χ1n) is 6.65. The lowest BCUT2D eigenvalue weighted by molar-refractivity contribution is -0.138. The second-order valence-electron chi connectivity index (χ2n) is 5.51. The van der Waals surface area contributed by atoms with Gasteiger partial charge in [0.25, 0.3) is 0 Å². The SMILES string of the molecule is CN(C(=O)C1(C(N)=S)CCCCCC1)C1CC1. The molecule has 0 aliphatic heterocycles. The predicted molar refractivity (Wildman–Crippen MR) is 72.7 cm³/mol. The molecule has 2 aliphatic rings. The summed E-state index contributed by atoms with van der Waals surface area (Å²) >= 11 is 5.22. The number of hydrogen-bond acceptors (Lipinski definition) is 2. The molecular formula is C13H22N2OS. The molecule has 0 atom stereocenters. The first-order chi connectivity index (χ1) is 8.08. The van der Waals surface area contributed by atoms with Crippen LogP contribution in [0.25, 0.3) is 0 Å². The third kappa shape index (κ3) is 2.46. The molecule has 4 heteroatoms. The van der Waals surface area contributed by atoms with Crippen LogP contribution in [-0.4, -0.2) is 28.9 Å². The van der Waals surface area contributed by atoms with Gasteiger partial charge >= 0.3 is 0 Å². The molecule has 0 bridgehead atoms. The Balaban J connectivity index is 2.19. The average molecular weight is 254 g/mol. The fourth-order valence-corrected chi connectivity index (χ4v) is 3.15. The summed E-state index contributed by atoms with van der Waals surface area (Å²) in [6.07, 6.45) is 8.50. The highest BCUT2D eigenvalue weighted by atomic mass is 32.1. The van der Waals surface area contributed by atoms with Gasteiger partial charge in [0.2, 0.25) is 5.91 Å². The van der Waals surface area contributed by atoms with Crippen molar-refractivity contribution in [1.82, 2.24) is 4.90 Å². The molecule has 1 amide bonds. The van der Waals surface area contributed by atoms with Crippen LogP contribution in [0, 0.1) is 5.41 Å². The Kier molecular flexibility index (Phi) is 3.71. The zero-order valence-electron chi connectivity index (χ0n) is 10.6. The van der Waals surface area contributed by atoms with Gasteiger partial charge in [-0.25, -0.2) is 0 Å². The first-order valence-corrected chi connectivity index (χ1v) is 7.06. The van der Waals surface area contributed by atoms with Crippen molar-refractivity contribution in [2.24, 2.45) is 11.1 Å². The summed E-state index contributed by atoms with van der Waals surface area (Å²) in [6, 6.07) is 0.442. The Morgan fingerprint density at radius 3 is 2.18 bits per heavy atom. The second kappa shape index (κ2) is 4.92. The van der Waals surface area contributed by atoms with Crippen LogP contribution < -0.4 is 5.73 Å². The standard InChI is InChI=1S/C13H22N2OS/c1-15(10-6-7-10)12(16)13(11(14)17)8-4-2-3-5-9-13/h10H,2-9H2,1H3,(H2,14,17). The van der Waals surface area contributed by atoms with Gasteiger partial charge in [0.1, 0.15) is 0 Å². The normalized spacial score (nSPS) is 23.8. The van der Waals surface area contributed by atoms with Gasteiger partial charge in [-0.05, 0) is 25.7 Å². The summed E-state index contributed by atoms with van der Waals surface area (Å²) in [4.78, 5) is 15.0. The number of nitrogens with two attached hydrogens (primary N) is 1. The Morgan fingerprint density at radius 2 is 1.76 bits per heavy atom. The van der Waals surface area contributed by atoms with Crippen LogP contribution in [-0.2, 0) is 4.79 Å². The molecule has 3 nitrogen and oxygen atoms in total. The van der Waals surface area contributed by atoms with Crippen molar-refractivity contribution < 1.29 is 4.79 Å². The minimum Gasteiger partial charge on any atom is -0.392 e. The molecule has 2 aliphatic carbocycles. The molecule has 0 aromatic carbocycles. The van der Waals surface area contributed by atoms with Crippen LogP contribution in [0.15, 0.2) is 0 Å². The molecule has 2 N–H and O–H groups in total. The van der Waals surface area contributed by atoms with Crippen molar-refractivity contribution in [3.05, 3.63) is 0 Å². The first kappa shape index (κ1) is 12.8. The minimum atomic E-state index is -0.539. The Labute approximate surface area is 109 Å². The third-order valence-electron chi connectivity index (χ3n) is 4.25. The van der Waals surface area contributed by atoms with Crippen LogP contribution in [0.3, 0.4) is 0 Å². The number of thiocarbonyl (C=S) groups is 1. The van der Waals surface area contributed by atoms with Gasteiger partial charge in [0.15, 0.2) is 0 Å². The minimum absolute atomic E-state index is 0.175. The highest BCUT2D eigenvalue weighted by Gasteiger charge is 2.45. The van der Waals surface area contributed by atoms with E-state index in [0.29, 0.717) is 11.0 Å². The highest BCUT2D eigenvalue weighted by molar-refractivity contribution is 7.80. The molecular weight excluding hydrogens is 232 g/mol. The van der Waals surface area contributed by atoms with E-state index in [4.69, 9.17) is 18.0 Å². The maximum atomic E-state index is 12.7. The highest BCUT2D eigenvalue weighted by Crippen LogP contribution is 2.39. The van der Waals surface area contributed by atoms with E-state index in [2.05, 4.69) is 0 Å². The third-order valence-corrected chi connectivity index (χ3v) is 4.64. The van der Waals surface area contributed by atoms with Gasteiger partial charge in [-0.1, -0.05) is 37.9 Å². The zero-order chi connectivity index (χ0) is 12.5. The number of carbonyl (C=O) groups is 1. The van der Waals surface area contributed by atoms with Gasteiger partial charge in [-0.3, -0.25) is 4.79 Å². The fourth-order valence-electron chi connectivity index (χ4n) is 2.86. The molecule has 2 rings (SSSR count). The molecule has 96 valence electrons. The van der Waals surface area contributed by atoms with Gasteiger partial charge < -0.3 is 10.6 Å². The van der Waals surface area contributed by atoms with E-state index >= 15 is 0 Å². The molecule has 0 heterocycles. The van der Waals surface area contributed by atoms with E-state index in [9.17, 15) is 4.79 Å². The number of hydrogen-bond donors (Lipinski definition) is 1. The van der Waals surface area contributed by atoms with Gasteiger partial charge in [-0.2, -0.15) is 0 Å². The lowest BCUT2D eigenvalue weighted by atomic mass is 9.79. The van der Waals surface area contributed by atoms with Crippen molar-refractivity contribution in [2.45, 2.75) is 57.4 Å². The summed E-state index contributed by atoms with van der Waals surface area (Å²) in [5, 5.41) is 0. The van der Waals surface area contributed by atoms with E-state index < -0.39 is 5.41 Å². The van der Waals surface area contributed by atoms with Crippen LogP contribution in [0.2, 0.25) is 0 Å². The number of rotatable bonds is 3. The average Bonchev–Trinajstić information content (AvgIpc) is 3.13. The molecule has 2 fully saturated rings. The van der Waals surface area contributed by atoms with Crippen LogP contribution in [0.5, 0.6) is 0 Å². The summed E-state index contributed by atoms with van der Waals surface area (Å²) in [5.41, 5.74) is 5.38. The number of amides is 1. The Morgan fingerprint density at radius 1 is 1.24 bits per heavy atom. The maximum Gasteiger partial charge on any atom is 0.235 e. The van der Waals surface area contributed by atoms with Crippen molar-refractivity contribution >= 4 is 23.1 Å². The molecule has 0 saturated heterocycles. The lowest BCUT2D eigenvalue weighted by Crippen LogP contribution is -2.49. The quantitative estimate of drug-likeness (QED) is 0.620. The van der Waals surface area contributed by atoms with Crippen LogP contribution >= 0.6 is 12.2 Å². The Hall–Kier alpha value is -0.640. The monoisotopic (exact) mass is 254 g/mol. The van der Waals surface area contributed by atoms with E-state index in [1.807, 2.05) is 11.9 Å². The van der Waals surface area contributed by atoms with Crippen molar-refractivity contribution in [2.75, 3.05) is 7.05 Å². The summed E-state index contributed by atoms with van der Waals surface area (Å²) < 4.78 is 0. The van der Waals surface area contributed by atoms with Crippen LogP contribution in [0.4, 0.5) is 0 Å². The van der Waals surface area contributed by atoms with E-state index in [0.717, 1.165) is 38.5 Å². The number of nitrogens with zero attached hydrogens (tertiary/aromatic N) is 1. The van der Waals surface area contributed by atoms with Gasteiger partial charge in [-0.15, -0.1) is 0 Å². The summed E-state index contributed by atoms with van der Waals surface area (Å²) in [6.45, 7) is 0. The molecule has 0 radical (unpaired) electrons. The Bertz CT molecular complexity index is 317. The van der Waals surface area contributed by atoms with E-state index in [-0.39, 0.29) is 5.91 Å². The largest absolute Gasteiger partial charge is 0.392 e. The van der Waals surface area contributed by atoms with Crippen LogP contribution in [0.1, 0.15) is 51.4 Å². The number of carbonyl (C=O) groups excluding carboxylic acids is 1. The van der Waals surface area contributed by atoms with Crippen molar-refractivity contribution in [3.8, 4) is 0 Å². The molecule has 0 aromatic rings. The lowest BCUT2D eigenvalue weighted by Gasteiger charge is -2.34.